The van der Waals surface area contributed by atoms with Gasteiger partial charge in [-0.15, -0.1) is 0 Å². The van der Waals surface area contributed by atoms with E-state index in [2.05, 4.69) is 113 Å². The fraction of sp³-hybridized carbons (Fsp3) is 0.148. The molecule has 0 aliphatic carbocycles. The van der Waals surface area contributed by atoms with Gasteiger partial charge in [0.1, 0.15) is 25.0 Å². The maximum atomic E-state index is 2.43. The normalized spacial score (nSPS) is 11.4. The molecule has 4 aromatic carbocycles. The van der Waals surface area contributed by atoms with Crippen LogP contribution in [0.15, 0.2) is 96.3 Å². The Bertz CT molecular complexity index is 1350. The van der Waals surface area contributed by atoms with Crippen LogP contribution >= 0.6 is 11.8 Å². The minimum absolute atomic E-state index is 0.882. The number of nitrogens with zero attached hydrogens (tertiary/aromatic N) is 2. The lowest BCUT2D eigenvalue weighted by atomic mass is 10.1. The SMILES string of the molecule is CSc1n(Cc2ccc3ccccc3c2)c(C)c[n+]1Cc1ccc2ccccc2c1. The Kier molecular flexibility index (Phi) is 5.06. The van der Waals surface area contributed by atoms with Crippen LogP contribution in [-0.4, -0.2) is 10.8 Å². The first kappa shape index (κ1) is 19.0. The molecule has 148 valence electrons. The third kappa shape index (κ3) is 3.61. The molecule has 1 heterocycles. The van der Waals surface area contributed by atoms with Crippen molar-refractivity contribution in [2.45, 2.75) is 25.2 Å². The predicted molar refractivity (Wildman–Crippen MR) is 127 cm³/mol. The maximum Gasteiger partial charge on any atom is 0.318 e. The summed E-state index contributed by atoms with van der Waals surface area (Å²) in [6, 6.07) is 30.7. The predicted octanol–water partition coefficient (Wildman–Crippen LogP) is 6.21. The largest absolute Gasteiger partial charge is 0.318 e. The lowest BCUT2D eigenvalue weighted by molar-refractivity contribution is -0.725. The Morgan fingerprint density at radius 1 is 0.733 bits per heavy atom. The van der Waals surface area contributed by atoms with Crippen molar-refractivity contribution in [1.29, 1.82) is 0 Å². The molecule has 0 aliphatic rings. The maximum absolute atomic E-state index is 2.43. The average Bonchev–Trinajstić information content (AvgIpc) is 3.07. The number of thioether (sulfide) groups is 1. The standard InChI is InChI=1S/C27H25N2S/c1-20-17-28(18-21-11-13-23-7-3-5-9-25(23)15-21)27(30-2)29(20)19-22-12-14-24-8-4-6-10-26(24)16-22/h3-17H,18-19H2,1-2H3/q+1. The average molecular weight is 410 g/mol. The van der Waals surface area contributed by atoms with E-state index in [0.717, 1.165) is 13.1 Å². The lowest BCUT2D eigenvalue weighted by Gasteiger charge is -2.06. The third-order valence-corrected chi connectivity index (χ3v) is 6.57. The molecular weight excluding hydrogens is 384 g/mol. The molecule has 2 nitrogen and oxygen atoms in total. The second-order valence-corrected chi connectivity index (χ2v) is 8.61. The van der Waals surface area contributed by atoms with E-state index in [9.17, 15) is 0 Å². The lowest BCUT2D eigenvalue weighted by Crippen LogP contribution is -2.35. The number of benzene rings is 4. The van der Waals surface area contributed by atoms with Crippen molar-refractivity contribution < 1.29 is 4.57 Å². The molecule has 0 radical (unpaired) electrons. The number of imidazole rings is 1. The van der Waals surface area contributed by atoms with Crippen LogP contribution in [0.4, 0.5) is 0 Å². The second-order valence-electron chi connectivity index (χ2n) is 7.83. The molecule has 0 saturated heterocycles. The third-order valence-electron chi connectivity index (χ3n) is 5.75. The van der Waals surface area contributed by atoms with Gasteiger partial charge in [0.15, 0.2) is 0 Å². The highest BCUT2D eigenvalue weighted by atomic mass is 32.2. The first-order chi connectivity index (χ1) is 14.7. The fourth-order valence-corrected chi connectivity index (χ4v) is 5.02. The van der Waals surface area contributed by atoms with Crippen molar-refractivity contribution in [2.75, 3.05) is 6.26 Å². The number of rotatable bonds is 5. The summed E-state index contributed by atoms with van der Waals surface area (Å²) < 4.78 is 4.81. The van der Waals surface area contributed by atoms with Crippen LogP contribution in [0.25, 0.3) is 21.5 Å². The van der Waals surface area contributed by atoms with Gasteiger partial charge in [0.05, 0.1) is 0 Å². The summed E-state index contributed by atoms with van der Waals surface area (Å²) >= 11 is 1.81. The smallest absolute Gasteiger partial charge is 0.220 e. The number of hydrogen-bond donors (Lipinski definition) is 0. The van der Waals surface area contributed by atoms with Gasteiger partial charge in [0, 0.05) is 6.92 Å². The molecular formula is C27H25N2S+. The first-order valence-electron chi connectivity index (χ1n) is 10.3. The summed E-state index contributed by atoms with van der Waals surface area (Å²) in [5, 5.41) is 6.47. The highest BCUT2D eigenvalue weighted by Gasteiger charge is 2.21. The van der Waals surface area contributed by atoms with Crippen LogP contribution in [0.2, 0.25) is 0 Å². The Labute approximate surface area is 181 Å². The molecule has 0 N–H and O–H groups in total. The van der Waals surface area contributed by atoms with E-state index in [1.54, 1.807) is 0 Å². The van der Waals surface area contributed by atoms with Crippen LogP contribution in [-0.2, 0) is 13.1 Å². The zero-order valence-electron chi connectivity index (χ0n) is 17.4. The molecule has 3 heteroatoms. The van der Waals surface area contributed by atoms with Crippen LogP contribution < -0.4 is 4.57 Å². The van der Waals surface area contributed by atoms with Crippen molar-refractivity contribution in [3.63, 3.8) is 0 Å². The van der Waals surface area contributed by atoms with Crippen molar-refractivity contribution in [1.82, 2.24) is 4.57 Å². The minimum atomic E-state index is 0.882. The highest BCUT2D eigenvalue weighted by molar-refractivity contribution is 7.98. The van der Waals surface area contributed by atoms with Crippen molar-refractivity contribution >= 4 is 33.3 Å². The summed E-state index contributed by atoms with van der Waals surface area (Å²) in [6.45, 7) is 3.97. The molecule has 5 rings (SSSR count). The fourth-order valence-electron chi connectivity index (χ4n) is 4.24. The number of aromatic nitrogens is 2. The highest BCUT2D eigenvalue weighted by Crippen LogP contribution is 2.21. The molecule has 0 bridgehead atoms. The molecule has 1 aromatic heterocycles. The molecule has 5 aromatic rings. The molecule has 0 saturated carbocycles. The van der Waals surface area contributed by atoms with E-state index in [1.165, 1.54) is 43.5 Å². The molecule has 0 spiro atoms. The van der Waals surface area contributed by atoms with Crippen molar-refractivity contribution in [3.8, 4) is 0 Å². The zero-order chi connectivity index (χ0) is 20.5. The van der Waals surface area contributed by atoms with Gasteiger partial charge in [-0.05, 0) is 62.8 Å². The molecule has 0 atom stereocenters. The summed E-state index contributed by atoms with van der Waals surface area (Å²) in [5.74, 6) is 0. The van der Waals surface area contributed by atoms with Crippen LogP contribution in [0.1, 0.15) is 16.8 Å². The van der Waals surface area contributed by atoms with E-state index in [1.807, 2.05) is 11.8 Å². The monoisotopic (exact) mass is 409 g/mol. The van der Waals surface area contributed by atoms with Crippen LogP contribution in [0, 0.1) is 6.92 Å². The van der Waals surface area contributed by atoms with E-state index in [-0.39, 0.29) is 0 Å². The van der Waals surface area contributed by atoms with E-state index >= 15 is 0 Å². The first-order valence-corrected chi connectivity index (χ1v) is 11.5. The Morgan fingerprint density at radius 2 is 1.30 bits per heavy atom. The number of hydrogen-bond acceptors (Lipinski definition) is 1. The molecule has 30 heavy (non-hydrogen) atoms. The molecule has 0 amide bonds. The van der Waals surface area contributed by atoms with Crippen molar-refractivity contribution in [2.24, 2.45) is 0 Å². The zero-order valence-corrected chi connectivity index (χ0v) is 18.2. The van der Waals surface area contributed by atoms with Gasteiger partial charge in [0.2, 0.25) is 0 Å². The quantitative estimate of drug-likeness (QED) is 0.248. The summed E-state index contributed by atoms with van der Waals surface area (Å²) in [5.41, 5.74) is 3.95. The van der Waals surface area contributed by atoms with Gasteiger partial charge in [0.25, 0.3) is 0 Å². The van der Waals surface area contributed by atoms with Gasteiger partial charge in [-0.1, -0.05) is 72.8 Å². The summed E-state index contributed by atoms with van der Waals surface area (Å²) in [6.07, 6.45) is 4.45. The van der Waals surface area contributed by atoms with Gasteiger partial charge < -0.3 is 0 Å². The van der Waals surface area contributed by atoms with E-state index < -0.39 is 0 Å². The molecule has 0 fully saturated rings. The summed E-state index contributed by atoms with van der Waals surface area (Å²) in [7, 11) is 0. The van der Waals surface area contributed by atoms with Crippen LogP contribution in [0.3, 0.4) is 0 Å². The topological polar surface area (TPSA) is 8.81 Å². The second kappa shape index (κ2) is 8.00. The van der Waals surface area contributed by atoms with Gasteiger partial charge in [-0.2, -0.15) is 0 Å². The van der Waals surface area contributed by atoms with Crippen LogP contribution in [0.5, 0.6) is 0 Å². The molecule has 0 unspecified atom stereocenters. The molecule has 0 aliphatic heterocycles. The minimum Gasteiger partial charge on any atom is -0.220 e. The van der Waals surface area contributed by atoms with Gasteiger partial charge in [-0.25, -0.2) is 9.13 Å². The van der Waals surface area contributed by atoms with Gasteiger partial charge >= 0.3 is 5.16 Å². The Hall–Kier alpha value is -3.04. The van der Waals surface area contributed by atoms with Gasteiger partial charge in [-0.3, -0.25) is 0 Å². The Morgan fingerprint density at radius 3 is 1.93 bits per heavy atom. The van der Waals surface area contributed by atoms with Crippen molar-refractivity contribution in [3.05, 3.63) is 108 Å². The number of aryl methyl sites for hydroxylation is 1. The number of fused-ring (bicyclic) bond motifs is 2. The van der Waals surface area contributed by atoms with E-state index in [4.69, 9.17) is 0 Å². The Balaban J connectivity index is 1.47. The van der Waals surface area contributed by atoms with E-state index in [0.29, 0.717) is 0 Å². The summed E-state index contributed by atoms with van der Waals surface area (Å²) in [4.78, 5) is 0.